The van der Waals surface area contributed by atoms with E-state index in [9.17, 15) is 14.7 Å². The average molecular weight is 464 g/mol. The van der Waals surface area contributed by atoms with Crippen molar-refractivity contribution in [2.45, 2.75) is 32.2 Å². The van der Waals surface area contributed by atoms with Crippen molar-refractivity contribution in [1.29, 1.82) is 0 Å². The number of carbonyl (C=O) groups is 2. The second-order valence-corrected chi connectivity index (χ2v) is 8.40. The molecule has 2 aromatic rings. The predicted octanol–water partition coefficient (Wildman–Crippen LogP) is 5.13. The van der Waals surface area contributed by atoms with Crippen LogP contribution in [0.25, 0.3) is 5.76 Å². The Labute approximate surface area is 176 Å². The van der Waals surface area contributed by atoms with Crippen LogP contribution in [0.3, 0.4) is 0 Å². The maximum atomic E-state index is 12.8. The molecule has 0 spiro atoms. The van der Waals surface area contributed by atoms with Crippen LogP contribution >= 0.6 is 27.3 Å². The molecule has 0 radical (unpaired) electrons. The summed E-state index contributed by atoms with van der Waals surface area (Å²) in [6.45, 7) is 2.58. The Bertz CT molecular complexity index is 907. The van der Waals surface area contributed by atoms with E-state index in [0.29, 0.717) is 22.3 Å². The standard InChI is InChI=1S/C21H22BrNO4S/c1-3-4-5-10-23-18(16-7-6-11-28-16)17(20(25)21(23)26)19(24)13-8-9-15(27-2)14(22)12-13/h6-9,11-12,18,24H,3-5,10H2,1-2H3/b19-17-. The van der Waals surface area contributed by atoms with Crippen molar-refractivity contribution in [1.82, 2.24) is 4.90 Å². The minimum absolute atomic E-state index is 0.140. The van der Waals surface area contributed by atoms with Gasteiger partial charge in [-0.15, -0.1) is 11.3 Å². The van der Waals surface area contributed by atoms with Gasteiger partial charge < -0.3 is 14.7 Å². The maximum Gasteiger partial charge on any atom is 0.295 e. The molecule has 3 rings (SSSR count). The minimum atomic E-state index is -0.640. The largest absolute Gasteiger partial charge is 0.507 e. The summed E-state index contributed by atoms with van der Waals surface area (Å²) < 4.78 is 5.88. The van der Waals surface area contributed by atoms with E-state index in [1.807, 2.05) is 17.5 Å². The highest BCUT2D eigenvalue weighted by molar-refractivity contribution is 9.10. The smallest absolute Gasteiger partial charge is 0.295 e. The number of ether oxygens (including phenoxy) is 1. The van der Waals surface area contributed by atoms with Gasteiger partial charge in [-0.05, 0) is 52.0 Å². The van der Waals surface area contributed by atoms with E-state index in [1.54, 1.807) is 30.2 Å². The van der Waals surface area contributed by atoms with Crippen LogP contribution < -0.4 is 4.74 Å². The number of carbonyl (C=O) groups excluding carboxylic acids is 2. The van der Waals surface area contributed by atoms with Gasteiger partial charge in [0.05, 0.1) is 23.2 Å². The van der Waals surface area contributed by atoms with Crippen molar-refractivity contribution < 1.29 is 19.4 Å². The number of thiophene rings is 1. The highest BCUT2D eigenvalue weighted by atomic mass is 79.9. The molecule has 0 saturated carbocycles. The molecule has 1 saturated heterocycles. The first-order valence-corrected chi connectivity index (χ1v) is 10.8. The first-order valence-electron chi connectivity index (χ1n) is 9.15. The first-order chi connectivity index (χ1) is 13.5. The molecule has 1 atom stereocenters. The highest BCUT2D eigenvalue weighted by Crippen LogP contribution is 2.41. The number of hydrogen-bond donors (Lipinski definition) is 1. The Morgan fingerprint density at radius 1 is 1.29 bits per heavy atom. The van der Waals surface area contributed by atoms with Crippen LogP contribution in [0, 0.1) is 0 Å². The summed E-state index contributed by atoms with van der Waals surface area (Å²) in [7, 11) is 1.55. The number of hydrogen-bond acceptors (Lipinski definition) is 5. The van der Waals surface area contributed by atoms with Gasteiger partial charge in [-0.1, -0.05) is 25.8 Å². The number of unbranched alkanes of at least 4 members (excludes halogenated alkanes) is 2. The van der Waals surface area contributed by atoms with Crippen molar-refractivity contribution in [2.24, 2.45) is 0 Å². The summed E-state index contributed by atoms with van der Waals surface area (Å²) in [5, 5.41) is 12.9. The van der Waals surface area contributed by atoms with Gasteiger partial charge in [-0.2, -0.15) is 0 Å². The monoisotopic (exact) mass is 463 g/mol. The number of methoxy groups -OCH3 is 1. The van der Waals surface area contributed by atoms with E-state index in [1.165, 1.54) is 11.3 Å². The molecule has 1 aromatic carbocycles. The third-order valence-corrected chi connectivity index (χ3v) is 6.32. The molecule has 0 aliphatic carbocycles. The van der Waals surface area contributed by atoms with Crippen LogP contribution in [-0.4, -0.2) is 35.4 Å². The summed E-state index contributed by atoms with van der Waals surface area (Å²) in [5.74, 6) is -0.743. The molecule has 1 unspecified atom stereocenters. The lowest BCUT2D eigenvalue weighted by Gasteiger charge is -2.24. The van der Waals surface area contributed by atoms with Gasteiger partial charge in [-0.25, -0.2) is 0 Å². The summed E-state index contributed by atoms with van der Waals surface area (Å²) in [5.41, 5.74) is 0.599. The van der Waals surface area contributed by atoms with Crippen molar-refractivity contribution in [2.75, 3.05) is 13.7 Å². The lowest BCUT2D eigenvalue weighted by molar-refractivity contribution is -0.139. The van der Waals surface area contributed by atoms with E-state index in [-0.39, 0.29) is 11.3 Å². The molecule has 2 heterocycles. The number of rotatable bonds is 7. The van der Waals surface area contributed by atoms with Crippen molar-refractivity contribution in [3.8, 4) is 5.75 Å². The van der Waals surface area contributed by atoms with Crippen LogP contribution in [0.1, 0.15) is 42.7 Å². The number of likely N-dealkylation sites (tertiary alicyclic amines) is 1. The Morgan fingerprint density at radius 3 is 2.68 bits per heavy atom. The number of Topliss-reactive ketones (excluding diaryl/α,β-unsaturated/α-hetero) is 1. The zero-order valence-electron chi connectivity index (χ0n) is 15.8. The van der Waals surface area contributed by atoms with Gasteiger partial charge in [0.2, 0.25) is 0 Å². The van der Waals surface area contributed by atoms with Crippen molar-refractivity contribution in [3.63, 3.8) is 0 Å². The zero-order chi connectivity index (χ0) is 20.3. The summed E-state index contributed by atoms with van der Waals surface area (Å²) in [6, 6.07) is 8.29. The number of benzene rings is 1. The minimum Gasteiger partial charge on any atom is -0.507 e. The normalized spacial score (nSPS) is 18.7. The average Bonchev–Trinajstić information content (AvgIpc) is 3.30. The van der Waals surface area contributed by atoms with Gasteiger partial charge >= 0.3 is 0 Å². The Hall–Kier alpha value is -2.12. The topological polar surface area (TPSA) is 66.8 Å². The summed E-state index contributed by atoms with van der Waals surface area (Å²) >= 11 is 4.87. The van der Waals surface area contributed by atoms with E-state index in [4.69, 9.17) is 4.74 Å². The van der Waals surface area contributed by atoms with E-state index in [0.717, 1.165) is 24.1 Å². The fourth-order valence-corrected chi connectivity index (χ4v) is 4.74. The third kappa shape index (κ3) is 3.86. The second kappa shape index (κ2) is 8.92. The summed E-state index contributed by atoms with van der Waals surface area (Å²) in [6.07, 6.45) is 2.82. The van der Waals surface area contributed by atoms with Crippen LogP contribution in [-0.2, 0) is 9.59 Å². The number of aliphatic hydroxyl groups excluding tert-OH is 1. The number of halogens is 1. The first kappa shape index (κ1) is 20.6. The van der Waals surface area contributed by atoms with Crippen LogP contribution in [0.5, 0.6) is 5.75 Å². The molecule has 28 heavy (non-hydrogen) atoms. The van der Waals surface area contributed by atoms with Crippen LogP contribution in [0.2, 0.25) is 0 Å². The fourth-order valence-electron chi connectivity index (χ4n) is 3.35. The molecule has 5 nitrogen and oxygen atoms in total. The molecular weight excluding hydrogens is 442 g/mol. The summed E-state index contributed by atoms with van der Waals surface area (Å²) in [4.78, 5) is 28.0. The molecule has 7 heteroatoms. The van der Waals surface area contributed by atoms with Gasteiger partial charge in [-0.3, -0.25) is 9.59 Å². The third-order valence-electron chi connectivity index (χ3n) is 4.78. The molecule has 1 aromatic heterocycles. The number of ketones is 1. The van der Waals surface area contributed by atoms with E-state index >= 15 is 0 Å². The fraction of sp³-hybridized carbons (Fsp3) is 0.333. The molecule has 1 N–H and O–H groups in total. The lowest BCUT2D eigenvalue weighted by Crippen LogP contribution is -2.30. The SMILES string of the molecule is CCCCCN1C(=O)C(=O)/C(=C(\O)c2ccc(OC)c(Br)c2)C1c1cccs1. The van der Waals surface area contributed by atoms with Crippen LogP contribution in [0.15, 0.2) is 45.8 Å². The predicted molar refractivity (Wildman–Crippen MR) is 114 cm³/mol. The van der Waals surface area contributed by atoms with Crippen LogP contribution in [0.4, 0.5) is 0 Å². The van der Waals surface area contributed by atoms with E-state index in [2.05, 4.69) is 22.9 Å². The second-order valence-electron chi connectivity index (χ2n) is 6.56. The molecule has 0 bridgehead atoms. The molecule has 1 amide bonds. The molecular formula is C21H22BrNO4S. The number of aliphatic hydroxyl groups is 1. The Kier molecular flexibility index (Phi) is 6.57. The van der Waals surface area contributed by atoms with Gasteiger partial charge in [0.15, 0.2) is 0 Å². The van der Waals surface area contributed by atoms with Gasteiger partial charge in [0, 0.05) is 17.0 Å². The number of nitrogens with zero attached hydrogens (tertiary/aromatic N) is 1. The Balaban J connectivity index is 2.08. The van der Waals surface area contributed by atoms with Gasteiger partial charge in [0.25, 0.3) is 11.7 Å². The molecule has 148 valence electrons. The van der Waals surface area contributed by atoms with E-state index < -0.39 is 17.7 Å². The van der Waals surface area contributed by atoms with Gasteiger partial charge in [0.1, 0.15) is 11.5 Å². The molecule has 1 fully saturated rings. The molecule has 1 aliphatic rings. The van der Waals surface area contributed by atoms with Crippen molar-refractivity contribution in [3.05, 3.63) is 56.2 Å². The molecule has 1 aliphatic heterocycles. The zero-order valence-corrected chi connectivity index (χ0v) is 18.2. The highest BCUT2D eigenvalue weighted by Gasteiger charge is 2.46. The Morgan fingerprint density at radius 2 is 2.07 bits per heavy atom. The number of amides is 1. The van der Waals surface area contributed by atoms with Crippen molar-refractivity contribution >= 4 is 44.7 Å². The quantitative estimate of drug-likeness (QED) is 0.267. The maximum absolute atomic E-state index is 12.8. The lowest BCUT2D eigenvalue weighted by atomic mass is 9.99.